The molecule has 0 saturated carbocycles. The smallest absolute Gasteiger partial charge is 0.230 e. The molecule has 0 radical (unpaired) electrons. The second-order valence-electron chi connectivity index (χ2n) is 4.26. The molecule has 1 aliphatic heterocycles. The normalized spacial score (nSPS) is 19.2. The van der Waals surface area contributed by atoms with Crippen LogP contribution in [-0.4, -0.2) is 31.3 Å². The Morgan fingerprint density at radius 2 is 2.24 bits per heavy atom. The van der Waals surface area contributed by atoms with Crippen molar-refractivity contribution in [1.82, 2.24) is 10.6 Å². The quantitative estimate of drug-likeness (QED) is 0.778. The van der Waals surface area contributed by atoms with Crippen molar-refractivity contribution in [2.45, 2.75) is 11.3 Å². The van der Waals surface area contributed by atoms with Gasteiger partial charge in [0.1, 0.15) is 0 Å². The van der Waals surface area contributed by atoms with Crippen molar-refractivity contribution in [3.63, 3.8) is 0 Å². The average molecular weight is 250 g/mol. The molecule has 1 aliphatic rings. The van der Waals surface area contributed by atoms with E-state index in [1.807, 2.05) is 30.3 Å². The number of hydrogen-bond donors (Lipinski definition) is 2. The van der Waals surface area contributed by atoms with E-state index in [4.69, 9.17) is 0 Å². The Morgan fingerprint density at radius 1 is 1.41 bits per heavy atom. The molecule has 0 spiro atoms. The fourth-order valence-corrected chi connectivity index (χ4v) is 2.61. The molecule has 2 N–H and O–H groups in total. The first kappa shape index (κ1) is 12.5. The van der Waals surface area contributed by atoms with Gasteiger partial charge >= 0.3 is 0 Å². The van der Waals surface area contributed by atoms with Crippen LogP contribution in [0.5, 0.6) is 0 Å². The van der Waals surface area contributed by atoms with Crippen LogP contribution in [0.3, 0.4) is 0 Å². The SMILES string of the molecule is O=C(CSc1ccccc1)NCC1CCNC1. The summed E-state index contributed by atoms with van der Waals surface area (Å²) in [5.74, 6) is 1.25. The molecule has 0 bridgehead atoms. The first-order valence-corrected chi connectivity index (χ1v) is 6.98. The molecule has 1 fully saturated rings. The highest BCUT2D eigenvalue weighted by Gasteiger charge is 2.14. The lowest BCUT2D eigenvalue weighted by atomic mass is 10.1. The number of carbonyl (C=O) groups is 1. The van der Waals surface area contributed by atoms with Gasteiger partial charge in [-0.25, -0.2) is 0 Å². The zero-order valence-electron chi connectivity index (χ0n) is 9.82. The Kier molecular flexibility index (Phi) is 4.88. The van der Waals surface area contributed by atoms with E-state index in [0.717, 1.165) is 24.5 Å². The Bertz CT molecular complexity index is 350. The fourth-order valence-electron chi connectivity index (χ4n) is 1.86. The van der Waals surface area contributed by atoms with Gasteiger partial charge in [0.15, 0.2) is 0 Å². The van der Waals surface area contributed by atoms with Gasteiger partial charge in [-0.1, -0.05) is 18.2 Å². The van der Waals surface area contributed by atoms with Crippen molar-refractivity contribution in [2.75, 3.05) is 25.4 Å². The highest BCUT2D eigenvalue weighted by Crippen LogP contribution is 2.16. The number of thioether (sulfide) groups is 1. The predicted octanol–water partition coefficient (Wildman–Crippen LogP) is 1.50. The van der Waals surface area contributed by atoms with Gasteiger partial charge in [-0.15, -0.1) is 11.8 Å². The van der Waals surface area contributed by atoms with Crippen molar-refractivity contribution >= 4 is 17.7 Å². The lowest BCUT2D eigenvalue weighted by molar-refractivity contribution is -0.118. The van der Waals surface area contributed by atoms with E-state index in [2.05, 4.69) is 10.6 Å². The van der Waals surface area contributed by atoms with Crippen LogP contribution in [0.15, 0.2) is 35.2 Å². The highest BCUT2D eigenvalue weighted by atomic mass is 32.2. The van der Waals surface area contributed by atoms with Crippen molar-refractivity contribution in [3.05, 3.63) is 30.3 Å². The van der Waals surface area contributed by atoms with E-state index >= 15 is 0 Å². The third-order valence-corrected chi connectivity index (χ3v) is 3.88. The van der Waals surface area contributed by atoms with Crippen molar-refractivity contribution in [2.24, 2.45) is 5.92 Å². The second kappa shape index (κ2) is 6.67. The van der Waals surface area contributed by atoms with Gasteiger partial charge < -0.3 is 10.6 Å². The van der Waals surface area contributed by atoms with Crippen LogP contribution in [0.2, 0.25) is 0 Å². The first-order chi connectivity index (χ1) is 8.34. The molecule has 1 amide bonds. The molecule has 2 rings (SSSR count). The van der Waals surface area contributed by atoms with E-state index in [1.165, 1.54) is 6.42 Å². The largest absolute Gasteiger partial charge is 0.355 e. The minimum absolute atomic E-state index is 0.130. The topological polar surface area (TPSA) is 41.1 Å². The Labute approximate surface area is 106 Å². The second-order valence-corrected chi connectivity index (χ2v) is 5.31. The summed E-state index contributed by atoms with van der Waals surface area (Å²) >= 11 is 1.58. The first-order valence-electron chi connectivity index (χ1n) is 6.00. The van der Waals surface area contributed by atoms with E-state index in [9.17, 15) is 4.79 Å². The van der Waals surface area contributed by atoms with Crippen molar-refractivity contribution in [3.8, 4) is 0 Å². The van der Waals surface area contributed by atoms with Gasteiger partial charge in [-0.05, 0) is 37.6 Å². The minimum atomic E-state index is 0.130. The molecule has 1 heterocycles. The maximum atomic E-state index is 11.6. The summed E-state index contributed by atoms with van der Waals surface area (Å²) in [6, 6.07) is 10.0. The molecule has 1 saturated heterocycles. The van der Waals surface area contributed by atoms with Crippen LogP contribution >= 0.6 is 11.8 Å². The molecule has 0 aliphatic carbocycles. The Morgan fingerprint density at radius 3 is 2.94 bits per heavy atom. The van der Waals surface area contributed by atoms with Gasteiger partial charge in [0.2, 0.25) is 5.91 Å². The average Bonchev–Trinajstić information content (AvgIpc) is 2.88. The molecule has 3 nitrogen and oxygen atoms in total. The van der Waals surface area contributed by atoms with Crippen molar-refractivity contribution < 1.29 is 4.79 Å². The number of rotatable bonds is 5. The number of carbonyl (C=O) groups excluding carboxylic acids is 1. The molecule has 92 valence electrons. The zero-order chi connectivity index (χ0) is 11.9. The standard InChI is InChI=1S/C13H18N2OS/c16-13(15-9-11-6-7-14-8-11)10-17-12-4-2-1-3-5-12/h1-5,11,14H,6-10H2,(H,15,16). The number of hydrogen-bond acceptors (Lipinski definition) is 3. The summed E-state index contributed by atoms with van der Waals surface area (Å²) in [5, 5.41) is 6.29. The summed E-state index contributed by atoms with van der Waals surface area (Å²) in [6.07, 6.45) is 1.17. The van der Waals surface area contributed by atoms with Crippen LogP contribution in [0.4, 0.5) is 0 Å². The van der Waals surface area contributed by atoms with Crippen LogP contribution < -0.4 is 10.6 Å². The molecule has 1 atom stereocenters. The molecule has 4 heteroatoms. The minimum Gasteiger partial charge on any atom is -0.355 e. The van der Waals surface area contributed by atoms with Gasteiger partial charge in [-0.2, -0.15) is 0 Å². The number of amides is 1. The van der Waals surface area contributed by atoms with Gasteiger partial charge in [0.05, 0.1) is 5.75 Å². The maximum Gasteiger partial charge on any atom is 0.230 e. The monoisotopic (exact) mass is 250 g/mol. The predicted molar refractivity (Wildman–Crippen MR) is 71.2 cm³/mol. The fraction of sp³-hybridized carbons (Fsp3) is 0.462. The summed E-state index contributed by atoms with van der Waals surface area (Å²) in [5.41, 5.74) is 0. The molecule has 1 aromatic carbocycles. The lowest BCUT2D eigenvalue weighted by Crippen LogP contribution is -2.31. The van der Waals surface area contributed by atoms with Gasteiger partial charge in [-0.3, -0.25) is 4.79 Å². The zero-order valence-corrected chi connectivity index (χ0v) is 10.6. The molecule has 0 aromatic heterocycles. The molecular weight excluding hydrogens is 232 g/mol. The Hall–Kier alpha value is -1.00. The summed E-state index contributed by atoms with van der Waals surface area (Å²) in [4.78, 5) is 12.8. The molecule has 1 unspecified atom stereocenters. The third-order valence-electron chi connectivity index (χ3n) is 2.86. The van der Waals surface area contributed by atoms with Gasteiger partial charge in [0, 0.05) is 11.4 Å². The van der Waals surface area contributed by atoms with E-state index in [0.29, 0.717) is 11.7 Å². The number of benzene rings is 1. The Balaban J connectivity index is 1.64. The summed E-state index contributed by atoms with van der Waals surface area (Å²) in [6.45, 7) is 2.92. The van der Waals surface area contributed by atoms with E-state index in [-0.39, 0.29) is 5.91 Å². The molecular formula is C13H18N2OS. The third kappa shape index (κ3) is 4.40. The van der Waals surface area contributed by atoms with Gasteiger partial charge in [0.25, 0.3) is 0 Å². The van der Waals surface area contributed by atoms with Crippen LogP contribution in [0.25, 0.3) is 0 Å². The van der Waals surface area contributed by atoms with E-state index < -0.39 is 0 Å². The lowest BCUT2D eigenvalue weighted by Gasteiger charge is -2.09. The van der Waals surface area contributed by atoms with Crippen molar-refractivity contribution in [1.29, 1.82) is 0 Å². The summed E-state index contributed by atoms with van der Waals surface area (Å²) in [7, 11) is 0. The molecule has 1 aromatic rings. The van der Waals surface area contributed by atoms with Crippen LogP contribution in [0, 0.1) is 5.92 Å². The van der Waals surface area contributed by atoms with E-state index in [1.54, 1.807) is 11.8 Å². The number of nitrogens with one attached hydrogen (secondary N) is 2. The van der Waals surface area contributed by atoms with Crippen LogP contribution in [-0.2, 0) is 4.79 Å². The van der Waals surface area contributed by atoms with Crippen LogP contribution in [0.1, 0.15) is 6.42 Å². The highest BCUT2D eigenvalue weighted by molar-refractivity contribution is 8.00. The molecule has 17 heavy (non-hydrogen) atoms. The maximum absolute atomic E-state index is 11.6. The summed E-state index contributed by atoms with van der Waals surface area (Å²) < 4.78 is 0.